The standard InChI is InChI=1S/C16H31N5/c1-5-14(6-2)11-19-16(17-7-3)18-10-8-9-15-12-20-21(4)13-15/h12-14H,5-11H2,1-4H3,(H2,17,18,19). The van der Waals surface area contributed by atoms with E-state index in [1.165, 1.54) is 18.4 Å². The van der Waals surface area contributed by atoms with E-state index < -0.39 is 0 Å². The fraction of sp³-hybridized carbons (Fsp3) is 0.750. The zero-order chi connectivity index (χ0) is 15.5. The third kappa shape index (κ3) is 7.16. The molecule has 1 heterocycles. The molecule has 0 aromatic carbocycles. The lowest BCUT2D eigenvalue weighted by Crippen LogP contribution is -2.38. The van der Waals surface area contributed by atoms with E-state index in [1.807, 2.05) is 17.9 Å². The third-order valence-electron chi connectivity index (χ3n) is 3.70. The molecule has 5 heteroatoms. The predicted octanol–water partition coefficient (Wildman–Crippen LogP) is 2.34. The summed E-state index contributed by atoms with van der Waals surface area (Å²) in [7, 11) is 1.95. The smallest absolute Gasteiger partial charge is 0.191 e. The Hall–Kier alpha value is -1.52. The second kappa shape index (κ2) is 10.2. The van der Waals surface area contributed by atoms with Gasteiger partial charge in [0.25, 0.3) is 0 Å². The first-order valence-electron chi connectivity index (χ1n) is 8.19. The number of nitrogens with one attached hydrogen (secondary N) is 2. The molecule has 1 aromatic rings. The van der Waals surface area contributed by atoms with Crippen molar-refractivity contribution in [3.63, 3.8) is 0 Å². The number of aryl methyl sites for hydroxylation is 2. The first-order chi connectivity index (χ1) is 10.2. The zero-order valence-corrected chi connectivity index (χ0v) is 14.0. The number of guanidine groups is 1. The van der Waals surface area contributed by atoms with Crippen LogP contribution in [0.2, 0.25) is 0 Å². The molecule has 1 rings (SSSR count). The Labute approximate surface area is 129 Å². The van der Waals surface area contributed by atoms with E-state index in [2.05, 4.69) is 47.7 Å². The molecule has 0 amide bonds. The number of hydrogen-bond donors (Lipinski definition) is 2. The molecule has 0 radical (unpaired) electrons. The molecule has 0 spiro atoms. The van der Waals surface area contributed by atoms with Gasteiger partial charge in [-0.25, -0.2) is 0 Å². The molecule has 21 heavy (non-hydrogen) atoms. The van der Waals surface area contributed by atoms with Gasteiger partial charge in [-0.3, -0.25) is 9.67 Å². The lowest BCUT2D eigenvalue weighted by molar-refractivity contribution is 0.504. The first-order valence-corrected chi connectivity index (χ1v) is 8.19. The number of rotatable bonds is 9. The van der Waals surface area contributed by atoms with Crippen molar-refractivity contribution in [3.05, 3.63) is 18.0 Å². The Morgan fingerprint density at radius 1 is 1.29 bits per heavy atom. The molecule has 5 nitrogen and oxygen atoms in total. The Bertz CT molecular complexity index is 407. The van der Waals surface area contributed by atoms with Crippen LogP contribution in [0, 0.1) is 5.92 Å². The summed E-state index contributed by atoms with van der Waals surface area (Å²) in [4.78, 5) is 4.68. The molecular weight excluding hydrogens is 262 g/mol. The maximum atomic E-state index is 4.68. The lowest BCUT2D eigenvalue weighted by Gasteiger charge is -2.13. The molecule has 0 bridgehead atoms. The quantitative estimate of drug-likeness (QED) is 0.417. The predicted molar refractivity (Wildman–Crippen MR) is 89.6 cm³/mol. The molecular formula is C16H31N5. The topological polar surface area (TPSA) is 54.2 Å². The fourth-order valence-corrected chi connectivity index (χ4v) is 2.21. The van der Waals surface area contributed by atoms with Crippen LogP contribution in [0.3, 0.4) is 0 Å². The summed E-state index contributed by atoms with van der Waals surface area (Å²) in [5, 5.41) is 10.9. The molecule has 0 atom stereocenters. The maximum absolute atomic E-state index is 4.68. The summed E-state index contributed by atoms with van der Waals surface area (Å²) >= 11 is 0. The average Bonchev–Trinajstić information content (AvgIpc) is 2.90. The van der Waals surface area contributed by atoms with Gasteiger partial charge in [0.15, 0.2) is 5.96 Å². The van der Waals surface area contributed by atoms with Crippen LogP contribution in [0.4, 0.5) is 0 Å². The van der Waals surface area contributed by atoms with Gasteiger partial charge >= 0.3 is 0 Å². The Kier molecular flexibility index (Phi) is 8.55. The minimum atomic E-state index is 0.691. The summed E-state index contributed by atoms with van der Waals surface area (Å²) in [6, 6.07) is 0. The molecule has 1 aromatic heterocycles. The highest BCUT2D eigenvalue weighted by atomic mass is 15.2. The second-order valence-electron chi connectivity index (χ2n) is 5.45. The largest absolute Gasteiger partial charge is 0.357 e. The zero-order valence-electron chi connectivity index (χ0n) is 14.0. The van der Waals surface area contributed by atoms with Gasteiger partial charge in [-0.05, 0) is 31.2 Å². The van der Waals surface area contributed by atoms with Crippen molar-refractivity contribution in [2.24, 2.45) is 18.0 Å². The van der Waals surface area contributed by atoms with Crippen LogP contribution in [0.25, 0.3) is 0 Å². The highest BCUT2D eigenvalue weighted by molar-refractivity contribution is 5.79. The van der Waals surface area contributed by atoms with Gasteiger partial charge in [0.05, 0.1) is 6.20 Å². The molecule has 0 saturated heterocycles. The third-order valence-corrected chi connectivity index (χ3v) is 3.70. The molecule has 0 aliphatic rings. The molecule has 120 valence electrons. The van der Waals surface area contributed by atoms with Crippen LogP contribution in [0.5, 0.6) is 0 Å². The van der Waals surface area contributed by atoms with Gasteiger partial charge in [-0.1, -0.05) is 26.7 Å². The van der Waals surface area contributed by atoms with Gasteiger partial charge in [-0.15, -0.1) is 0 Å². The summed E-state index contributed by atoms with van der Waals surface area (Å²) in [5.74, 6) is 1.63. The van der Waals surface area contributed by atoms with E-state index in [4.69, 9.17) is 0 Å². The van der Waals surface area contributed by atoms with E-state index in [9.17, 15) is 0 Å². The van der Waals surface area contributed by atoms with Crippen molar-refractivity contribution in [2.45, 2.75) is 46.5 Å². The van der Waals surface area contributed by atoms with Gasteiger partial charge in [-0.2, -0.15) is 5.10 Å². The highest BCUT2D eigenvalue weighted by Gasteiger charge is 2.03. The van der Waals surface area contributed by atoms with E-state index >= 15 is 0 Å². The van der Waals surface area contributed by atoms with Gasteiger partial charge in [0, 0.05) is 32.9 Å². The molecule has 0 saturated carbocycles. The van der Waals surface area contributed by atoms with Crippen molar-refractivity contribution >= 4 is 5.96 Å². The van der Waals surface area contributed by atoms with E-state index in [0.29, 0.717) is 5.92 Å². The number of aliphatic imine (C=N–C) groups is 1. The van der Waals surface area contributed by atoms with E-state index in [0.717, 1.165) is 38.4 Å². The summed E-state index contributed by atoms with van der Waals surface area (Å²) in [5.41, 5.74) is 1.29. The first kappa shape index (κ1) is 17.5. The minimum absolute atomic E-state index is 0.691. The summed E-state index contributed by atoms with van der Waals surface area (Å²) in [6.45, 7) is 9.31. The monoisotopic (exact) mass is 293 g/mol. The molecule has 0 fully saturated rings. The van der Waals surface area contributed by atoms with E-state index in [1.54, 1.807) is 0 Å². The fourth-order valence-electron chi connectivity index (χ4n) is 2.21. The van der Waals surface area contributed by atoms with Crippen LogP contribution in [0.15, 0.2) is 17.4 Å². The molecule has 0 aliphatic heterocycles. The maximum Gasteiger partial charge on any atom is 0.191 e. The number of nitrogens with zero attached hydrogens (tertiary/aromatic N) is 3. The number of aromatic nitrogens is 2. The number of hydrogen-bond acceptors (Lipinski definition) is 2. The van der Waals surface area contributed by atoms with Gasteiger partial charge in [0.2, 0.25) is 0 Å². The Morgan fingerprint density at radius 2 is 2.05 bits per heavy atom. The Morgan fingerprint density at radius 3 is 2.62 bits per heavy atom. The van der Waals surface area contributed by atoms with Crippen molar-refractivity contribution in [1.82, 2.24) is 20.4 Å². The van der Waals surface area contributed by atoms with Crippen LogP contribution in [-0.2, 0) is 13.5 Å². The van der Waals surface area contributed by atoms with Gasteiger partial charge < -0.3 is 10.6 Å². The van der Waals surface area contributed by atoms with Crippen LogP contribution in [-0.4, -0.2) is 35.4 Å². The van der Waals surface area contributed by atoms with Crippen LogP contribution < -0.4 is 10.6 Å². The van der Waals surface area contributed by atoms with Crippen molar-refractivity contribution in [3.8, 4) is 0 Å². The summed E-state index contributed by atoms with van der Waals surface area (Å²) in [6.07, 6.45) is 8.54. The van der Waals surface area contributed by atoms with Crippen molar-refractivity contribution in [2.75, 3.05) is 19.6 Å². The molecule has 0 aliphatic carbocycles. The second-order valence-corrected chi connectivity index (χ2v) is 5.45. The van der Waals surface area contributed by atoms with Crippen LogP contribution in [0.1, 0.15) is 45.6 Å². The normalized spacial score (nSPS) is 12.0. The average molecular weight is 293 g/mol. The minimum Gasteiger partial charge on any atom is -0.357 e. The SMILES string of the molecule is CCNC(=NCC(CC)CC)NCCCc1cnn(C)c1. The molecule has 0 unspecified atom stereocenters. The van der Waals surface area contributed by atoms with E-state index in [-0.39, 0.29) is 0 Å². The van der Waals surface area contributed by atoms with Crippen molar-refractivity contribution < 1.29 is 0 Å². The molecule has 2 N–H and O–H groups in total. The highest BCUT2D eigenvalue weighted by Crippen LogP contribution is 2.07. The summed E-state index contributed by atoms with van der Waals surface area (Å²) < 4.78 is 1.85. The van der Waals surface area contributed by atoms with Crippen molar-refractivity contribution in [1.29, 1.82) is 0 Å². The van der Waals surface area contributed by atoms with Gasteiger partial charge in [0.1, 0.15) is 0 Å². The Balaban J connectivity index is 2.31. The lowest BCUT2D eigenvalue weighted by atomic mass is 10.0. The van der Waals surface area contributed by atoms with Crippen LogP contribution >= 0.6 is 0 Å².